The number of aliphatic hydroxyl groups excluding tert-OH is 2. The topological polar surface area (TPSA) is 81.0 Å². The minimum atomic E-state index is -1.06. The van der Waals surface area contributed by atoms with E-state index in [1.54, 1.807) is 6.08 Å². The number of hydrogen-bond donors (Lipinski definition) is 3. The van der Waals surface area contributed by atoms with Gasteiger partial charge in [-0.1, -0.05) is 49.4 Å². The number of carbonyl (C=O) groups is 1. The lowest BCUT2D eigenvalue weighted by molar-refractivity contribution is -0.139. The maximum absolute atomic E-state index is 10.6. The van der Waals surface area contributed by atoms with Crippen molar-refractivity contribution >= 4 is 5.97 Å². The molecule has 0 spiro atoms. The third-order valence-corrected chi connectivity index (χ3v) is 4.56. The SMILES string of the molecule is C[C@H]1CCN(Cc2ccccc2)[C@@H]1C=C[C@@H](O)C[C@@H](O)CC(=O)O. The summed E-state index contributed by atoms with van der Waals surface area (Å²) in [4.78, 5) is 12.9. The fourth-order valence-electron chi connectivity index (χ4n) is 3.25. The largest absolute Gasteiger partial charge is 0.481 e. The first-order valence-electron chi connectivity index (χ1n) is 8.50. The highest BCUT2D eigenvalue weighted by Gasteiger charge is 2.29. The number of rotatable bonds is 8. The van der Waals surface area contributed by atoms with E-state index in [9.17, 15) is 15.0 Å². The molecule has 0 unspecified atom stereocenters. The fraction of sp³-hybridized carbons (Fsp3) is 0.526. The van der Waals surface area contributed by atoms with Crippen molar-refractivity contribution in [1.82, 2.24) is 4.90 Å². The second-order valence-electron chi connectivity index (χ2n) is 6.65. The Morgan fingerprint density at radius 3 is 2.71 bits per heavy atom. The number of carboxylic acids is 1. The molecule has 1 aromatic carbocycles. The Morgan fingerprint density at radius 1 is 1.33 bits per heavy atom. The zero-order chi connectivity index (χ0) is 17.5. The summed E-state index contributed by atoms with van der Waals surface area (Å²) in [6, 6.07) is 10.5. The third kappa shape index (κ3) is 5.74. The number of nitrogens with zero attached hydrogens (tertiary/aromatic N) is 1. The molecule has 1 fully saturated rings. The molecular formula is C19H27NO4. The Morgan fingerprint density at radius 2 is 2.04 bits per heavy atom. The van der Waals surface area contributed by atoms with Crippen LogP contribution in [0, 0.1) is 5.92 Å². The monoisotopic (exact) mass is 333 g/mol. The van der Waals surface area contributed by atoms with Crippen LogP contribution in [-0.4, -0.2) is 51.0 Å². The Balaban J connectivity index is 1.91. The van der Waals surface area contributed by atoms with Gasteiger partial charge in [-0.3, -0.25) is 9.69 Å². The van der Waals surface area contributed by atoms with E-state index in [0.29, 0.717) is 5.92 Å². The molecule has 1 heterocycles. The Labute approximate surface area is 143 Å². The van der Waals surface area contributed by atoms with E-state index in [4.69, 9.17) is 5.11 Å². The summed E-state index contributed by atoms with van der Waals surface area (Å²) in [5, 5.41) is 28.2. The number of benzene rings is 1. The van der Waals surface area contributed by atoms with Crippen molar-refractivity contribution in [2.45, 2.75) is 51.0 Å². The Hall–Kier alpha value is -1.69. The van der Waals surface area contributed by atoms with E-state index < -0.39 is 18.2 Å². The van der Waals surface area contributed by atoms with Gasteiger partial charge in [-0.25, -0.2) is 0 Å². The fourth-order valence-corrected chi connectivity index (χ4v) is 3.25. The highest BCUT2D eigenvalue weighted by atomic mass is 16.4. The van der Waals surface area contributed by atoms with Crippen LogP contribution in [0.4, 0.5) is 0 Å². The van der Waals surface area contributed by atoms with Gasteiger partial charge in [-0.05, 0) is 24.4 Å². The summed E-state index contributed by atoms with van der Waals surface area (Å²) < 4.78 is 0. The molecular weight excluding hydrogens is 306 g/mol. The van der Waals surface area contributed by atoms with Gasteiger partial charge >= 0.3 is 5.97 Å². The average Bonchev–Trinajstić information content (AvgIpc) is 2.85. The van der Waals surface area contributed by atoms with Gasteiger partial charge in [0.25, 0.3) is 0 Å². The lowest BCUT2D eigenvalue weighted by Crippen LogP contribution is -2.30. The molecule has 5 heteroatoms. The first kappa shape index (κ1) is 18.6. The molecule has 132 valence electrons. The van der Waals surface area contributed by atoms with E-state index in [0.717, 1.165) is 19.5 Å². The molecule has 4 atom stereocenters. The van der Waals surface area contributed by atoms with Crippen molar-refractivity contribution in [3.8, 4) is 0 Å². The van der Waals surface area contributed by atoms with Gasteiger partial charge < -0.3 is 15.3 Å². The molecule has 0 radical (unpaired) electrons. The summed E-state index contributed by atoms with van der Waals surface area (Å²) in [6.07, 6.45) is 2.65. The van der Waals surface area contributed by atoms with Crippen molar-refractivity contribution in [2.75, 3.05) is 6.54 Å². The molecule has 0 aliphatic carbocycles. The van der Waals surface area contributed by atoms with Crippen molar-refractivity contribution in [3.63, 3.8) is 0 Å². The van der Waals surface area contributed by atoms with Gasteiger partial charge in [0.15, 0.2) is 0 Å². The smallest absolute Gasteiger partial charge is 0.305 e. The quantitative estimate of drug-likeness (QED) is 0.634. The van der Waals surface area contributed by atoms with Crippen LogP contribution in [0.5, 0.6) is 0 Å². The van der Waals surface area contributed by atoms with Gasteiger partial charge in [0.05, 0.1) is 18.6 Å². The standard InChI is InChI=1S/C19H27NO4/c1-14-9-10-20(13-15-5-3-2-4-6-15)18(14)8-7-16(21)11-17(22)12-19(23)24/h2-8,14,16-18,21-22H,9-13H2,1H3,(H,23,24)/t14-,16+,17+,18+/m0/s1. The average molecular weight is 333 g/mol. The molecule has 1 aliphatic rings. The Kier molecular flexibility index (Phi) is 6.97. The second kappa shape index (κ2) is 8.97. The summed E-state index contributed by atoms with van der Waals surface area (Å²) in [5.41, 5.74) is 1.27. The predicted octanol–water partition coefficient (Wildman–Crippen LogP) is 2.04. The number of likely N-dealkylation sites (tertiary alicyclic amines) is 1. The number of aliphatic hydroxyl groups is 2. The van der Waals surface area contributed by atoms with Crippen molar-refractivity contribution in [3.05, 3.63) is 48.0 Å². The van der Waals surface area contributed by atoms with Crippen LogP contribution >= 0.6 is 0 Å². The number of hydrogen-bond acceptors (Lipinski definition) is 4. The molecule has 0 bridgehead atoms. The van der Waals surface area contributed by atoms with Crippen LogP contribution in [0.3, 0.4) is 0 Å². The van der Waals surface area contributed by atoms with Gasteiger partial charge in [0.2, 0.25) is 0 Å². The third-order valence-electron chi connectivity index (χ3n) is 4.56. The second-order valence-corrected chi connectivity index (χ2v) is 6.65. The molecule has 24 heavy (non-hydrogen) atoms. The molecule has 0 amide bonds. The van der Waals surface area contributed by atoms with E-state index in [1.807, 2.05) is 24.3 Å². The zero-order valence-electron chi connectivity index (χ0n) is 14.1. The Bertz CT molecular complexity index is 546. The van der Waals surface area contributed by atoms with E-state index in [-0.39, 0.29) is 18.9 Å². The molecule has 1 aromatic rings. The highest BCUT2D eigenvalue weighted by Crippen LogP contribution is 2.27. The van der Waals surface area contributed by atoms with Crippen LogP contribution in [0.15, 0.2) is 42.5 Å². The van der Waals surface area contributed by atoms with Crippen molar-refractivity contribution < 1.29 is 20.1 Å². The first-order valence-corrected chi connectivity index (χ1v) is 8.50. The van der Waals surface area contributed by atoms with E-state index >= 15 is 0 Å². The van der Waals surface area contributed by atoms with E-state index in [2.05, 4.69) is 24.0 Å². The van der Waals surface area contributed by atoms with Crippen LogP contribution in [0.2, 0.25) is 0 Å². The maximum Gasteiger partial charge on any atom is 0.305 e. The van der Waals surface area contributed by atoms with Gasteiger partial charge in [0, 0.05) is 19.0 Å². The van der Waals surface area contributed by atoms with E-state index in [1.165, 1.54) is 5.56 Å². The predicted molar refractivity (Wildman–Crippen MR) is 92.4 cm³/mol. The first-order chi connectivity index (χ1) is 11.5. The van der Waals surface area contributed by atoms with Gasteiger partial charge in [-0.2, -0.15) is 0 Å². The molecule has 0 saturated carbocycles. The van der Waals surface area contributed by atoms with Crippen LogP contribution in [0.25, 0.3) is 0 Å². The summed E-state index contributed by atoms with van der Waals surface area (Å²) in [5.74, 6) is -0.557. The van der Waals surface area contributed by atoms with Gasteiger partial charge in [0.1, 0.15) is 0 Å². The van der Waals surface area contributed by atoms with Crippen LogP contribution < -0.4 is 0 Å². The molecule has 0 aromatic heterocycles. The summed E-state index contributed by atoms with van der Waals surface area (Å²) in [6.45, 7) is 4.09. The van der Waals surface area contributed by atoms with Crippen LogP contribution in [0.1, 0.15) is 31.7 Å². The summed E-state index contributed by atoms with van der Waals surface area (Å²) in [7, 11) is 0. The molecule has 5 nitrogen and oxygen atoms in total. The maximum atomic E-state index is 10.6. The lowest BCUT2D eigenvalue weighted by atomic mass is 10.0. The molecule has 1 saturated heterocycles. The van der Waals surface area contributed by atoms with Gasteiger partial charge in [-0.15, -0.1) is 0 Å². The summed E-state index contributed by atoms with van der Waals surface area (Å²) >= 11 is 0. The molecule has 3 N–H and O–H groups in total. The normalized spacial score (nSPS) is 24.3. The highest BCUT2D eigenvalue weighted by molar-refractivity contribution is 5.67. The van der Waals surface area contributed by atoms with Crippen LogP contribution in [-0.2, 0) is 11.3 Å². The van der Waals surface area contributed by atoms with Crippen molar-refractivity contribution in [2.24, 2.45) is 5.92 Å². The molecule has 1 aliphatic heterocycles. The van der Waals surface area contributed by atoms with Crippen molar-refractivity contribution in [1.29, 1.82) is 0 Å². The number of carboxylic acid groups (broad SMARTS) is 1. The minimum absolute atomic E-state index is 0.0442. The molecule has 2 rings (SSSR count). The lowest BCUT2D eigenvalue weighted by Gasteiger charge is -2.24. The minimum Gasteiger partial charge on any atom is -0.481 e. The zero-order valence-corrected chi connectivity index (χ0v) is 14.1. The number of aliphatic carboxylic acids is 1.